The number of methoxy groups -OCH3 is 2. The number of nitrogens with zero attached hydrogens (tertiary/aromatic N) is 4. The molecule has 10 heteroatoms. The summed E-state index contributed by atoms with van der Waals surface area (Å²) in [5, 5.41) is 4.44. The average Bonchev–Trinajstić information content (AvgIpc) is 3.43. The quantitative estimate of drug-likeness (QED) is 0.365. The summed E-state index contributed by atoms with van der Waals surface area (Å²) in [6.45, 7) is 3.89. The summed E-state index contributed by atoms with van der Waals surface area (Å²) in [6.07, 6.45) is 5.73. The van der Waals surface area contributed by atoms with Crippen LogP contribution in [0.3, 0.4) is 0 Å². The first-order chi connectivity index (χ1) is 17.6. The molecule has 2 N–H and O–H groups in total. The average molecular weight is 489 g/mol. The van der Waals surface area contributed by atoms with Gasteiger partial charge in [-0.1, -0.05) is 0 Å². The monoisotopic (exact) mass is 488 g/mol. The number of hydrogen-bond acceptors (Lipinski definition) is 9. The number of rotatable bonds is 9. The van der Waals surface area contributed by atoms with Crippen molar-refractivity contribution in [2.75, 3.05) is 45.8 Å². The molecular formula is C26H28N6O4. The molecule has 3 aromatic heterocycles. The summed E-state index contributed by atoms with van der Waals surface area (Å²) >= 11 is 0. The number of fused-ring (bicyclic) bond motifs is 1. The first kappa shape index (κ1) is 23.6. The second kappa shape index (κ2) is 10.6. The van der Waals surface area contributed by atoms with E-state index in [1.807, 2.05) is 30.3 Å². The lowest BCUT2D eigenvalue weighted by atomic mass is 10.1. The van der Waals surface area contributed by atoms with Crippen LogP contribution in [0.1, 0.15) is 12.8 Å². The standard InChI is InChI=1S/C26H28N6O4/c1-34-25-20(16-28-26(31-25)35-2)21-15-17-9-10-27-24(33)22(17)23(30-21)29-18-5-7-19(8-6-18)36-14-13-32-11-3-4-12-32/h5-10,15-16H,3-4,11-14H2,1-2H3,(H,27,33)(H,29,30). The Morgan fingerprint density at radius 3 is 2.61 bits per heavy atom. The minimum atomic E-state index is -0.242. The summed E-state index contributed by atoms with van der Waals surface area (Å²) in [5.74, 6) is 1.52. The Morgan fingerprint density at radius 1 is 1.06 bits per heavy atom. The molecule has 186 valence electrons. The van der Waals surface area contributed by atoms with E-state index in [1.165, 1.54) is 27.1 Å². The Bertz CT molecular complexity index is 1400. The van der Waals surface area contributed by atoms with Gasteiger partial charge in [0.15, 0.2) is 0 Å². The van der Waals surface area contributed by atoms with Gasteiger partial charge in [-0.2, -0.15) is 4.98 Å². The van der Waals surface area contributed by atoms with Crippen molar-refractivity contribution >= 4 is 22.3 Å². The van der Waals surface area contributed by atoms with Crippen LogP contribution in [-0.2, 0) is 0 Å². The summed E-state index contributed by atoms with van der Waals surface area (Å²) < 4.78 is 16.4. The lowest BCUT2D eigenvalue weighted by molar-refractivity contribution is 0.238. The van der Waals surface area contributed by atoms with Crippen LogP contribution in [0.15, 0.2) is 53.6 Å². The molecule has 36 heavy (non-hydrogen) atoms. The van der Waals surface area contributed by atoms with Crippen LogP contribution >= 0.6 is 0 Å². The second-order valence-corrected chi connectivity index (χ2v) is 8.45. The maximum Gasteiger partial charge on any atom is 0.319 e. The maximum absolute atomic E-state index is 12.7. The number of ether oxygens (including phenoxy) is 3. The minimum absolute atomic E-state index is 0.189. The smallest absolute Gasteiger partial charge is 0.319 e. The van der Waals surface area contributed by atoms with Crippen LogP contribution in [0.25, 0.3) is 22.0 Å². The molecule has 0 radical (unpaired) electrons. The molecule has 1 saturated heterocycles. The van der Waals surface area contributed by atoms with Gasteiger partial charge in [0.05, 0.1) is 30.9 Å². The topological polar surface area (TPSA) is 114 Å². The first-order valence-corrected chi connectivity index (χ1v) is 11.8. The molecule has 4 heterocycles. The normalized spacial score (nSPS) is 13.6. The zero-order valence-electron chi connectivity index (χ0n) is 20.3. The molecule has 0 atom stereocenters. The highest BCUT2D eigenvalue weighted by atomic mass is 16.5. The van der Waals surface area contributed by atoms with E-state index >= 15 is 0 Å². The van der Waals surface area contributed by atoms with E-state index in [-0.39, 0.29) is 11.6 Å². The predicted molar refractivity (Wildman–Crippen MR) is 137 cm³/mol. The summed E-state index contributed by atoms with van der Waals surface area (Å²) in [6, 6.07) is 11.4. The van der Waals surface area contributed by atoms with Crippen molar-refractivity contribution in [3.63, 3.8) is 0 Å². The van der Waals surface area contributed by atoms with Gasteiger partial charge in [-0.3, -0.25) is 9.69 Å². The lowest BCUT2D eigenvalue weighted by Gasteiger charge is -2.15. The van der Waals surface area contributed by atoms with Gasteiger partial charge in [-0.15, -0.1) is 0 Å². The molecule has 10 nitrogen and oxygen atoms in total. The van der Waals surface area contributed by atoms with E-state index < -0.39 is 0 Å². The van der Waals surface area contributed by atoms with Gasteiger partial charge in [0.1, 0.15) is 18.2 Å². The molecule has 1 aliphatic heterocycles. The minimum Gasteiger partial charge on any atom is -0.492 e. The third-order valence-electron chi connectivity index (χ3n) is 6.13. The number of pyridine rings is 2. The number of aromatic nitrogens is 4. The van der Waals surface area contributed by atoms with Gasteiger partial charge >= 0.3 is 6.01 Å². The Hall–Kier alpha value is -4.18. The van der Waals surface area contributed by atoms with Crippen LogP contribution < -0.4 is 25.1 Å². The molecule has 0 aliphatic carbocycles. The van der Waals surface area contributed by atoms with Gasteiger partial charge < -0.3 is 24.5 Å². The van der Waals surface area contributed by atoms with Gasteiger partial charge in [-0.25, -0.2) is 9.97 Å². The van der Waals surface area contributed by atoms with Gasteiger partial charge in [0, 0.05) is 24.6 Å². The molecule has 1 fully saturated rings. The molecule has 4 aromatic rings. The van der Waals surface area contributed by atoms with Crippen LogP contribution in [0, 0.1) is 0 Å². The summed E-state index contributed by atoms with van der Waals surface area (Å²) in [4.78, 5) is 31.0. The molecule has 0 unspecified atom stereocenters. The summed E-state index contributed by atoms with van der Waals surface area (Å²) in [5.41, 5.74) is 1.66. The van der Waals surface area contributed by atoms with Crippen molar-refractivity contribution in [1.29, 1.82) is 0 Å². The van der Waals surface area contributed by atoms with Crippen molar-refractivity contribution in [3.8, 4) is 28.9 Å². The number of likely N-dealkylation sites (tertiary alicyclic amines) is 1. The zero-order valence-corrected chi connectivity index (χ0v) is 20.3. The Balaban J connectivity index is 1.42. The molecule has 0 amide bonds. The fourth-order valence-corrected chi connectivity index (χ4v) is 4.29. The molecular weight excluding hydrogens is 460 g/mol. The lowest BCUT2D eigenvalue weighted by Crippen LogP contribution is -2.25. The fourth-order valence-electron chi connectivity index (χ4n) is 4.29. The van der Waals surface area contributed by atoms with Crippen molar-refractivity contribution in [1.82, 2.24) is 24.8 Å². The third-order valence-corrected chi connectivity index (χ3v) is 6.13. The number of nitrogens with one attached hydrogen (secondary N) is 2. The Kier molecular flexibility index (Phi) is 6.94. The van der Waals surface area contributed by atoms with Crippen LogP contribution in [0.2, 0.25) is 0 Å². The van der Waals surface area contributed by atoms with Crippen LogP contribution in [0.4, 0.5) is 11.5 Å². The largest absolute Gasteiger partial charge is 0.492 e. The van der Waals surface area contributed by atoms with E-state index in [4.69, 9.17) is 19.2 Å². The molecule has 0 bridgehead atoms. The summed E-state index contributed by atoms with van der Waals surface area (Å²) in [7, 11) is 3.01. The van der Waals surface area contributed by atoms with Crippen molar-refractivity contribution < 1.29 is 14.2 Å². The van der Waals surface area contributed by atoms with E-state index in [9.17, 15) is 4.79 Å². The predicted octanol–water partition coefficient (Wildman–Crippen LogP) is 3.62. The van der Waals surface area contributed by atoms with Gasteiger partial charge in [0.2, 0.25) is 5.88 Å². The Morgan fingerprint density at radius 2 is 1.86 bits per heavy atom. The van der Waals surface area contributed by atoms with Gasteiger partial charge in [0.25, 0.3) is 5.56 Å². The third kappa shape index (κ3) is 5.08. The molecule has 1 aromatic carbocycles. The van der Waals surface area contributed by atoms with Crippen LogP contribution in [-0.4, -0.2) is 65.3 Å². The van der Waals surface area contributed by atoms with Crippen LogP contribution in [0.5, 0.6) is 17.6 Å². The number of hydrogen-bond donors (Lipinski definition) is 2. The number of anilines is 2. The van der Waals surface area contributed by atoms with Crippen molar-refractivity contribution in [3.05, 3.63) is 59.1 Å². The molecule has 0 saturated carbocycles. The number of H-pyrrole nitrogens is 1. The SMILES string of the molecule is COc1ncc(-c2cc3cc[nH]c(=O)c3c(Nc3ccc(OCCN4CCCC4)cc3)n2)c(OC)n1. The van der Waals surface area contributed by atoms with E-state index in [0.29, 0.717) is 40.3 Å². The fraction of sp³-hybridized carbons (Fsp3) is 0.308. The highest BCUT2D eigenvalue weighted by molar-refractivity contribution is 5.95. The molecule has 0 spiro atoms. The Labute approximate surface area is 208 Å². The van der Waals surface area contributed by atoms with Gasteiger partial charge in [-0.05, 0) is 67.7 Å². The highest BCUT2D eigenvalue weighted by Gasteiger charge is 2.17. The van der Waals surface area contributed by atoms with E-state index in [2.05, 4.69) is 25.2 Å². The van der Waals surface area contributed by atoms with Crippen molar-refractivity contribution in [2.24, 2.45) is 0 Å². The zero-order chi connectivity index (χ0) is 24.9. The molecule has 5 rings (SSSR count). The van der Waals surface area contributed by atoms with E-state index in [0.717, 1.165) is 31.1 Å². The molecule has 1 aliphatic rings. The highest BCUT2D eigenvalue weighted by Crippen LogP contribution is 2.32. The second-order valence-electron chi connectivity index (χ2n) is 8.45. The maximum atomic E-state index is 12.7. The number of aromatic amines is 1. The van der Waals surface area contributed by atoms with Crippen molar-refractivity contribution in [2.45, 2.75) is 12.8 Å². The first-order valence-electron chi connectivity index (χ1n) is 11.8. The van der Waals surface area contributed by atoms with E-state index in [1.54, 1.807) is 18.5 Å². The number of benzene rings is 1.